The predicted octanol–water partition coefficient (Wildman–Crippen LogP) is 9.51. The molecule has 26 heteroatoms. The van der Waals surface area contributed by atoms with Crippen molar-refractivity contribution in [3.05, 3.63) is 213 Å². The SMILES string of the molecule is COC(=O)/C=C/c1ccc(C(=O)OCC(C)(COC(=O)c2ccc(/C=C/C(=O)OC)cc2)C(=O)Oc2cc(OC(=O)C(C)(COC(=O)c3ccc(/C=C/C(=O)OC)cc3)COC(=O)c3ccc(/C=C/C(=O)OC)cc3)cc(C(=O)OCCCCCCc3c(N)cc(N)cc3C(=O)O)c2)cc1. The predicted molar refractivity (Wildman–Crippen MR) is 360 cm³/mol. The van der Waals surface area contributed by atoms with Gasteiger partial charge in [-0.1, -0.05) is 61.4 Å². The second kappa shape index (κ2) is 37.1. The van der Waals surface area contributed by atoms with E-state index in [1.54, 1.807) is 0 Å². The summed E-state index contributed by atoms with van der Waals surface area (Å²) < 4.78 is 58.6. The minimum absolute atomic E-state index is 0.00284. The van der Waals surface area contributed by atoms with E-state index in [0.29, 0.717) is 59.9 Å². The van der Waals surface area contributed by atoms with Crippen LogP contribution in [0.2, 0.25) is 0 Å². The first-order chi connectivity index (χ1) is 47.7. The molecule has 522 valence electrons. The van der Waals surface area contributed by atoms with Gasteiger partial charge in [0.2, 0.25) is 0 Å². The molecule has 6 aromatic rings. The van der Waals surface area contributed by atoms with Crippen molar-refractivity contribution < 1.29 is 115 Å². The lowest BCUT2D eigenvalue weighted by Crippen LogP contribution is -2.42. The maximum atomic E-state index is 14.8. The van der Waals surface area contributed by atoms with Gasteiger partial charge in [-0.25, -0.2) is 47.9 Å². The van der Waals surface area contributed by atoms with Crippen LogP contribution in [0.25, 0.3) is 24.3 Å². The van der Waals surface area contributed by atoms with E-state index < -0.39 is 120 Å². The van der Waals surface area contributed by atoms with E-state index in [-0.39, 0.29) is 51.4 Å². The van der Waals surface area contributed by atoms with Crippen LogP contribution in [0.4, 0.5) is 11.4 Å². The molecule has 0 spiro atoms. The van der Waals surface area contributed by atoms with Crippen LogP contribution in [0.15, 0.2) is 152 Å². The Labute approximate surface area is 573 Å². The number of carbonyl (C=O) groups is 12. The number of rotatable bonds is 33. The summed E-state index contributed by atoms with van der Waals surface area (Å²) in [6.07, 6.45) is 12.6. The first-order valence-corrected chi connectivity index (χ1v) is 30.6. The average molecular weight is 1370 g/mol. The van der Waals surface area contributed by atoms with Gasteiger partial charge in [-0.15, -0.1) is 0 Å². The van der Waals surface area contributed by atoms with Crippen molar-refractivity contribution in [2.45, 2.75) is 46.0 Å². The van der Waals surface area contributed by atoms with Crippen molar-refractivity contribution in [1.29, 1.82) is 0 Å². The summed E-state index contributed by atoms with van der Waals surface area (Å²) in [5, 5.41) is 9.75. The number of hydrogen-bond acceptors (Lipinski definition) is 25. The van der Waals surface area contributed by atoms with Gasteiger partial charge in [0.05, 0.1) is 68.4 Å². The van der Waals surface area contributed by atoms with Crippen molar-refractivity contribution in [3.8, 4) is 11.5 Å². The number of unbranched alkanes of at least 4 members (excludes halogenated alkanes) is 3. The molecule has 0 aliphatic carbocycles. The largest absolute Gasteiger partial charge is 0.478 e. The molecule has 26 nitrogen and oxygen atoms in total. The summed E-state index contributed by atoms with van der Waals surface area (Å²) in [5.41, 5.74) is 10.2. The number of carboxylic acid groups (broad SMARTS) is 1. The molecule has 100 heavy (non-hydrogen) atoms. The number of nitrogen functional groups attached to an aromatic ring is 2. The Morgan fingerprint density at radius 3 is 1.01 bits per heavy atom. The molecule has 0 unspecified atom stereocenters. The molecule has 0 aliphatic heterocycles. The zero-order valence-electron chi connectivity index (χ0n) is 55.3. The third-order valence-corrected chi connectivity index (χ3v) is 14.7. The quantitative estimate of drug-likeness (QED) is 0.00861. The maximum absolute atomic E-state index is 14.8. The lowest BCUT2D eigenvalue weighted by atomic mass is 9.93. The van der Waals surface area contributed by atoms with Crippen molar-refractivity contribution in [2.75, 3.05) is 72.9 Å². The van der Waals surface area contributed by atoms with Crippen LogP contribution < -0.4 is 20.9 Å². The second-order valence-electron chi connectivity index (χ2n) is 22.6. The molecule has 0 aromatic heterocycles. The normalized spacial score (nSPS) is 11.3. The number of carbonyl (C=O) groups excluding carboxylic acids is 11. The van der Waals surface area contributed by atoms with Crippen LogP contribution in [0.1, 0.15) is 129 Å². The van der Waals surface area contributed by atoms with E-state index >= 15 is 0 Å². The molecule has 0 saturated heterocycles. The van der Waals surface area contributed by atoms with Crippen LogP contribution in [0.5, 0.6) is 11.5 Å². The number of anilines is 2. The van der Waals surface area contributed by atoms with Gasteiger partial charge in [-0.3, -0.25) is 9.59 Å². The van der Waals surface area contributed by atoms with E-state index in [1.165, 1.54) is 176 Å². The number of benzene rings is 6. The van der Waals surface area contributed by atoms with Crippen molar-refractivity contribution in [2.24, 2.45) is 10.8 Å². The molecule has 0 fully saturated rings. The smallest absolute Gasteiger partial charge is 0.338 e. The van der Waals surface area contributed by atoms with E-state index in [9.17, 15) is 62.6 Å². The van der Waals surface area contributed by atoms with Gasteiger partial charge in [-0.05, 0) is 158 Å². The summed E-state index contributed by atoms with van der Waals surface area (Å²) in [4.78, 5) is 157. The van der Waals surface area contributed by atoms with Gasteiger partial charge in [0, 0.05) is 41.7 Å². The minimum atomic E-state index is -2.09. The molecule has 0 aliphatic rings. The molecular weight excluding hydrogens is 1300 g/mol. The topological polar surface area (TPSA) is 379 Å². The van der Waals surface area contributed by atoms with E-state index in [4.69, 9.17) is 44.6 Å². The average Bonchev–Trinajstić information content (AvgIpc) is 0.830. The number of nitrogens with two attached hydrogens (primary N) is 2. The van der Waals surface area contributed by atoms with Crippen LogP contribution in [-0.2, 0) is 77.8 Å². The number of methoxy groups -OCH3 is 4. The van der Waals surface area contributed by atoms with E-state index in [2.05, 4.69) is 18.9 Å². The Hall–Kier alpha value is -12.5. The fraction of sp³-hybridized carbons (Fsp3) is 0.243. The van der Waals surface area contributed by atoms with Crippen molar-refractivity contribution >= 4 is 107 Å². The molecule has 0 radical (unpaired) electrons. The molecule has 0 saturated carbocycles. The summed E-state index contributed by atoms with van der Waals surface area (Å²) in [5.74, 6) is -12.0. The first kappa shape index (κ1) is 76.5. The Balaban J connectivity index is 1.32. The first-order valence-electron chi connectivity index (χ1n) is 30.6. The third-order valence-electron chi connectivity index (χ3n) is 14.7. The van der Waals surface area contributed by atoms with Gasteiger partial charge in [0.25, 0.3) is 0 Å². The Bertz CT molecular complexity index is 3730. The van der Waals surface area contributed by atoms with Gasteiger partial charge < -0.3 is 68.7 Å². The number of esters is 11. The monoisotopic (exact) mass is 1370 g/mol. The van der Waals surface area contributed by atoms with E-state index in [1.807, 2.05) is 0 Å². The number of aromatic carboxylic acids is 1. The number of ether oxygens (including phenoxy) is 11. The number of hydrogen-bond donors (Lipinski definition) is 3. The Morgan fingerprint density at radius 1 is 0.390 bits per heavy atom. The maximum Gasteiger partial charge on any atom is 0.338 e. The Morgan fingerprint density at radius 2 is 0.700 bits per heavy atom. The molecule has 5 N–H and O–H groups in total. The molecule has 0 amide bonds. The van der Waals surface area contributed by atoms with Crippen LogP contribution in [-0.4, -0.2) is 138 Å². The minimum Gasteiger partial charge on any atom is -0.478 e. The highest BCUT2D eigenvalue weighted by Gasteiger charge is 2.42. The highest BCUT2D eigenvalue weighted by Crippen LogP contribution is 2.32. The standard InChI is InChI=1S/C74H72N2O24/c1-73(42-95-66(83)50-24-12-46(13-25-50)20-32-61(77)90-3,43-96-67(84)51-26-14-47(15-27-51)21-33-62(78)91-4)71(88)99-56-37-54(70(87)94-36-10-8-7-9-11-58-59(65(81)82)39-55(75)40-60(58)76)38-57(41-56)100-72(89)74(2,44-97-68(85)52-28-16-48(17-29-52)22-34-63(79)92-5)45-98-69(86)53-30-18-49(19-31-53)23-35-64(80)93-6/h12-35,37-41H,7-11,36,42-45,75-76H2,1-6H3,(H,81,82)/b32-20+,33-21+,34-22+,35-23+. The van der Waals surface area contributed by atoms with Gasteiger partial charge in [0.1, 0.15) is 48.8 Å². The lowest BCUT2D eigenvalue weighted by molar-refractivity contribution is -0.150. The lowest BCUT2D eigenvalue weighted by Gasteiger charge is -2.27. The second-order valence-corrected chi connectivity index (χ2v) is 22.6. The molecule has 6 aromatic carbocycles. The zero-order chi connectivity index (χ0) is 72.9. The van der Waals surface area contributed by atoms with E-state index in [0.717, 1.165) is 42.5 Å². The summed E-state index contributed by atoms with van der Waals surface area (Å²) in [7, 11) is 4.82. The molecule has 0 atom stereocenters. The molecular formula is C74H72N2O24. The zero-order valence-corrected chi connectivity index (χ0v) is 55.3. The van der Waals surface area contributed by atoms with Crippen LogP contribution >= 0.6 is 0 Å². The van der Waals surface area contributed by atoms with Gasteiger partial charge >= 0.3 is 71.6 Å². The molecule has 0 bridgehead atoms. The highest BCUT2D eigenvalue weighted by molar-refractivity contribution is 5.96. The third kappa shape index (κ3) is 23.4. The Kier molecular flexibility index (Phi) is 28.4. The van der Waals surface area contributed by atoms with Gasteiger partial charge in [-0.2, -0.15) is 0 Å². The van der Waals surface area contributed by atoms with Crippen molar-refractivity contribution in [1.82, 2.24) is 0 Å². The molecule has 0 heterocycles. The summed E-state index contributed by atoms with van der Waals surface area (Å²) >= 11 is 0. The fourth-order valence-corrected chi connectivity index (χ4v) is 8.86. The van der Waals surface area contributed by atoms with Crippen LogP contribution in [0.3, 0.4) is 0 Å². The van der Waals surface area contributed by atoms with Crippen molar-refractivity contribution in [3.63, 3.8) is 0 Å². The van der Waals surface area contributed by atoms with Gasteiger partial charge in [0.15, 0.2) is 0 Å². The van der Waals surface area contributed by atoms with Crippen LogP contribution in [0, 0.1) is 10.8 Å². The number of carboxylic acids is 1. The highest BCUT2D eigenvalue weighted by atomic mass is 16.6. The fourth-order valence-electron chi connectivity index (χ4n) is 8.86. The summed E-state index contributed by atoms with van der Waals surface area (Å²) in [6, 6.07) is 29.0. The molecule has 6 rings (SSSR count). The summed E-state index contributed by atoms with van der Waals surface area (Å²) in [6.45, 7) is -0.967.